The fourth-order valence-corrected chi connectivity index (χ4v) is 2.98. The van der Waals surface area contributed by atoms with Crippen LogP contribution in [-0.4, -0.2) is 44.0 Å². The molecule has 0 unspecified atom stereocenters. The Morgan fingerprint density at radius 1 is 1.27 bits per heavy atom. The van der Waals surface area contributed by atoms with Crippen LogP contribution < -0.4 is 10.6 Å². The summed E-state index contributed by atoms with van der Waals surface area (Å²) in [6.45, 7) is 3.65. The Labute approximate surface area is 147 Å². The topological polar surface area (TPSA) is 44.4 Å². The lowest BCUT2D eigenvalue weighted by Crippen LogP contribution is -2.39. The lowest BCUT2D eigenvalue weighted by Gasteiger charge is -2.31. The van der Waals surface area contributed by atoms with Crippen LogP contribution in [0.1, 0.15) is 19.3 Å². The van der Waals surface area contributed by atoms with E-state index in [0.717, 1.165) is 35.7 Å². The Morgan fingerprint density at radius 3 is 2.50 bits per heavy atom. The van der Waals surface area contributed by atoms with Crippen molar-refractivity contribution in [3.8, 4) is 0 Å². The van der Waals surface area contributed by atoms with Crippen LogP contribution in [0.2, 0.25) is 0 Å². The van der Waals surface area contributed by atoms with E-state index in [4.69, 9.17) is 0 Å². The van der Waals surface area contributed by atoms with E-state index in [1.54, 1.807) is 0 Å². The second kappa shape index (κ2) is 10.2. The summed E-state index contributed by atoms with van der Waals surface area (Å²) in [5, 5.41) is 6.16. The van der Waals surface area contributed by atoms with Gasteiger partial charge in [-0.1, -0.05) is 15.9 Å². The summed E-state index contributed by atoms with van der Waals surface area (Å²) in [7, 11) is 2.00. The first-order valence-electron chi connectivity index (χ1n) is 7.60. The molecule has 2 rings (SSSR count). The highest BCUT2D eigenvalue weighted by atomic mass is 79.9. The van der Waals surface area contributed by atoms with Crippen LogP contribution in [0.25, 0.3) is 0 Å². The van der Waals surface area contributed by atoms with E-state index in [-0.39, 0.29) is 18.3 Å². The maximum atomic E-state index is 12.0. The lowest BCUT2D eigenvalue weighted by atomic mass is 9.93. The zero-order chi connectivity index (χ0) is 15.1. The minimum Gasteiger partial charge on any atom is -0.325 e. The summed E-state index contributed by atoms with van der Waals surface area (Å²) in [5.74, 6) is 0.884. The molecular weight excluding hydrogens is 366 g/mol. The molecule has 4 nitrogen and oxygen atoms in total. The highest BCUT2D eigenvalue weighted by Crippen LogP contribution is 2.20. The first-order valence-corrected chi connectivity index (χ1v) is 8.39. The Balaban J connectivity index is 0.00000242. The minimum absolute atomic E-state index is 0. The highest BCUT2D eigenvalue weighted by Gasteiger charge is 2.20. The molecule has 1 aromatic carbocycles. The van der Waals surface area contributed by atoms with Gasteiger partial charge in [-0.15, -0.1) is 12.4 Å². The summed E-state index contributed by atoms with van der Waals surface area (Å²) in [6.07, 6.45) is 3.65. The molecule has 0 spiro atoms. The van der Waals surface area contributed by atoms with Crippen LogP contribution in [0.15, 0.2) is 28.7 Å². The van der Waals surface area contributed by atoms with Gasteiger partial charge in [0, 0.05) is 10.2 Å². The van der Waals surface area contributed by atoms with Crippen LogP contribution in [-0.2, 0) is 4.79 Å². The number of benzene rings is 1. The van der Waals surface area contributed by atoms with Crippen molar-refractivity contribution in [1.29, 1.82) is 0 Å². The molecular formula is C16H25BrClN3O. The number of anilines is 1. The van der Waals surface area contributed by atoms with Crippen molar-refractivity contribution in [2.45, 2.75) is 19.3 Å². The van der Waals surface area contributed by atoms with E-state index in [1.165, 1.54) is 19.3 Å². The molecule has 22 heavy (non-hydrogen) atoms. The molecule has 0 saturated carbocycles. The summed E-state index contributed by atoms with van der Waals surface area (Å²) >= 11 is 3.39. The van der Waals surface area contributed by atoms with Gasteiger partial charge in [-0.3, -0.25) is 9.69 Å². The molecule has 1 aromatic rings. The number of amides is 1. The zero-order valence-corrected chi connectivity index (χ0v) is 15.4. The maximum absolute atomic E-state index is 12.0. The van der Waals surface area contributed by atoms with Crippen LogP contribution in [0.5, 0.6) is 0 Å². The predicted octanol–water partition coefficient (Wildman–Crippen LogP) is 3.13. The monoisotopic (exact) mass is 389 g/mol. The van der Waals surface area contributed by atoms with Crippen molar-refractivity contribution in [1.82, 2.24) is 10.2 Å². The van der Waals surface area contributed by atoms with Crippen molar-refractivity contribution in [3.05, 3.63) is 28.7 Å². The van der Waals surface area contributed by atoms with E-state index < -0.39 is 0 Å². The fraction of sp³-hybridized carbons (Fsp3) is 0.562. The van der Waals surface area contributed by atoms with Crippen molar-refractivity contribution in [3.63, 3.8) is 0 Å². The number of rotatable bonds is 6. The van der Waals surface area contributed by atoms with Crippen LogP contribution >= 0.6 is 28.3 Å². The number of halogens is 2. The largest absolute Gasteiger partial charge is 0.325 e. The van der Waals surface area contributed by atoms with Gasteiger partial charge in [0.1, 0.15) is 0 Å². The third-order valence-electron chi connectivity index (χ3n) is 4.00. The molecule has 0 atom stereocenters. The van der Waals surface area contributed by atoms with E-state index in [9.17, 15) is 4.79 Å². The van der Waals surface area contributed by atoms with E-state index in [0.29, 0.717) is 6.54 Å². The number of nitrogens with one attached hydrogen (secondary N) is 2. The average molecular weight is 391 g/mol. The summed E-state index contributed by atoms with van der Waals surface area (Å²) < 4.78 is 1.02. The van der Waals surface area contributed by atoms with E-state index in [1.807, 2.05) is 31.3 Å². The van der Waals surface area contributed by atoms with Crippen LogP contribution in [0, 0.1) is 5.92 Å². The zero-order valence-electron chi connectivity index (χ0n) is 13.0. The number of hydrogen-bond acceptors (Lipinski definition) is 3. The van der Waals surface area contributed by atoms with Crippen molar-refractivity contribution >= 4 is 39.9 Å². The number of hydrogen-bond donors (Lipinski definition) is 2. The number of nitrogens with zero attached hydrogens (tertiary/aromatic N) is 1. The molecule has 2 N–H and O–H groups in total. The SMILES string of the molecule is CNCCC1CCN(CC(=O)Nc2ccc(Br)cc2)CC1.Cl. The van der Waals surface area contributed by atoms with Crippen molar-refractivity contribution < 1.29 is 4.79 Å². The lowest BCUT2D eigenvalue weighted by molar-refractivity contribution is -0.117. The molecule has 0 bridgehead atoms. The quantitative estimate of drug-likeness (QED) is 0.784. The van der Waals surface area contributed by atoms with Gasteiger partial charge in [0.15, 0.2) is 0 Å². The minimum atomic E-state index is 0. The van der Waals surface area contributed by atoms with Crippen molar-refractivity contribution in [2.75, 3.05) is 38.5 Å². The molecule has 6 heteroatoms. The fourth-order valence-electron chi connectivity index (χ4n) is 2.72. The maximum Gasteiger partial charge on any atom is 0.238 e. The van der Waals surface area contributed by atoms with Gasteiger partial charge in [0.05, 0.1) is 6.54 Å². The Hall–Kier alpha value is -0.620. The second-order valence-corrected chi connectivity index (χ2v) is 6.58. The second-order valence-electron chi connectivity index (χ2n) is 5.67. The Bertz CT molecular complexity index is 447. The highest BCUT2D eigenvalue weighted by molar-refractivity contribution is 9.10. The normalized spacial score (nSPS) is 16.1. The molecule has 1 heterocycles. The van der Waals surface area contributed by atoms with Gasteiger partial charge in [0.25, 0.3) is 0 Å². The molecule has 1 fully saturated rings. The molecule has 1 aliphatic rings. The number of carbonyl (C=O) groups excluding carboxylic acids is 1. The van der Waals surface area contributed by atoms with Crippen LogP contribution in [0.3, 0.4) is 0 Å². The smallest absolute Gasteiger partial charge is 0.238 e. The molecule has 1 saturated heterocycles. The molecule has 1 amide bonds. The summed E-state index contributed by atoms with van der Waals surface area (Å²) in [4.78, 5) is 14.3. The number of carbonyl (C=O) groups is 1. The first kappa shape index (κ1) is 19.4. The van der Waals surface area contributed by atoms with Gasteiger partial charge in [-0.2, -0.15) is 0 Å². The molecule has 0 aliphatic carbocycles. The molecule has 0 radical (unpaired) electrons. The third kappa shape index (κ3) is 6.65. The predicted molar refractivity (Wildman–Crippen MR) is 97.7 cm³/mol. The van der Waals surface area contributed by atoms with Crippen LogP contribution in [0.4, 0.5) is 5.69 Å². The summed E-state index contributed by atoms with van der Waals surface area (Å²) in [5.41, 5.74) is 0.854. The van der Waals surface area contributed by atoms with Gasteiger partial charge in [-0.05, 0) is 76.1 Å². The van der Waals surface area contributed by atoms with Crippen molar-refractivity contribution in [2.24, 2.45) is 5.92 Å². The first-order chi connectivity index (χ1) is 10.2. The number of likely N-dealkylation sites (tertiary alicyclic amines) is 1. The Morgan fingerprint density at radius 2 is 1.91 bits per heavy atom. The average Bonchev–Trinajstić information content (AvgIpc) is 2.49. The van der Waals surface area contributed by atoms with E-state index in [2.05, 4.69) is 31.5 Å². The van der Waals surface area contributed by atoms with Gasteiger partial charge in [-0.25, -0.2) is 0 Å². The molecule has 0 aromatic heterocycles. The van der Waals surface area contributed by atoms with Gasteiger partial charge < -0.3 is 10.6 Å². The standard InChI is InChI=1S/C16H24BrN3O.ClH/c1-18-9-6-13-7-10-20(11-8-13)12-16(21)19-15-4-2-14(17)3-5-15;/h2-5,13,18H,6-12H2,1H3,(H,19,21);1H. The Kier molecular flexibility index (Phi) is 9.02. The molecule has 1 aliphatic heterocycles. The molecule has 124 valence electrons. The van der Waals surface area contributed by atoms with Gasteiger partial charge >= 0.3 is 0 Å². The van der Waals surface area contributed by atoms with Gasteiger partial charge in [0.2, 0.25) is 5.91 Å². The third-order valence-corrected chi connectivity index (χ3v) is 4.53. The summed E-state index contributed by atoms with van der Waals surface area (Å²) in [6, 6.07) is 7.68. The number of piperidine rings is 1. The van der Waals surface area contributed by atoms with E-state index >= 15 is 0 Å².